The average Bonchev–Trinajstić information content (AvgIpc) is 3.66. The molecule has 0 N–H and O–H groups in total. The van der Waals surface area contributed by atoms with E-state index in [-0.39, 0.29) is 44.6 Å². The second kappa shape index (κ2) is 15.2. The van der Waals surface area contributed by atoms with Crippen molar-refractivity contribution >= 4 is 78.0 Å². The third kappa shape index (κ3) is 7.30. The average molecular weight is 941 g/mol. The van der Waals surface area contributed by atoms with Crippen LogP contribution in [-0.2, 0) is 37.9 Å². The van der Waals surface area contributed by atoms with Gasteiger partial charge in [0.15, 0.2) is 0 Å². The number of fused-ring (bicyclic) bond motifs is 8. The lowest BCUT2D eigenvalue weighted by atomic mass is 9.35. The predicted octanol–water partition coefficient (Wildman–Crippen LogP) is 17.2. The van der Waals surface area contributed by atoms with Crippen LogP contribution in [0.15, 0.2) is 109 Å². The van der Waals surface area contributed by atoms with Gasteiger partial charge in [-0.2, -0.15) is 0 Å². The van der Waals surface area contributed by atoms with E-state index < -0.39 is 0 Å². The molecule has 7 aromatic rings. The van der Waals surface area contributed by atoms with Crippen LogP contribution < -0.4 is 25.5 Å². The summed E-state index contributed by atoms with van der Waals surface area (Å²) in [5.41, 5.74) is 23.4. The molecule has 3 heterocycles. The van der Waals surface area contributed by atoms with Crippen molar-refractivity contribution < 1.29 is 0 Å². The summed E-state index contributed by atoms with van der Waals surface area (Å²) in [6, 6.07) is 44.1. The molecule has 0 saturated carbocycles. The van der Waals surface area contributed by atoms with Gasteiger partial charge in [-0.25, -0.2) is 0 Å². The van der Waals surface area contributed by atoms with Gasteiger partial charge < -0.3 is 9.80 Å². The largest absolute Gasteiger partial charge is 0.311 e. The van der Waals surface area contributed by atoms with Crippen LogP contribution in [-0.4, -0.2) is 6.71 Å². The maximum absolute atomic E-state index is 2.76. The van der Waals surface area contributed by atoms with E-state index in [1.54, 1.807) is 0 Å². The summed E-state index contributed by atoms with van der Waals surface area (Å²) in [6.07, 6.45) is 4.73. The molecule has 0 unspecified atom stereocenters. The molecular weight excluding hydrogens is 864 g/mol. The van der Waals surface area contributed by atoms with Crippen molar-refractivity contribution in [3.8, 4) is 11.1 Å². The standard InChI is InChI=1S/C66H77BN2S/c1-60(2,3)41-23-26-44(27-24-41)68-53-38-49-48(64(12,13)30-31-65(49,14)15)37-51(53)67-57-54(68)34-43(62(7,8)9)35-55(57)69(52-28-25-42(61(4,5)6)33-45(52)40-21-19-18-20-22-40)58-46-36-47-50(39-56(46)70-59(58)67)66(16,17)32-29-63(47,10)11/h18-28,33-39H,29-32H2,1-17H3. The Morgan fingerprint density at radius 2 is 0.957 bits per heavy atom. The van der Waals surface area contributed by atoms with Crippen molar-refractivity contribution in [2.45, 2.75) is 181 Å². The summed E-state index contributed by atoms with van der Waals surface area (Å²) >= 11 is 2.07. The third-order valence-electron chi connectivity index (χ3n) is 17.7. The molecule has 2 aliphatic carbocycles. The summed E-state index contributed by atoms with van der Waals surface area (Å²) in [7, 11) is 0. The number of benzene rings is 6. The molecular formula is C66H77BN2S. The smallest absolute Gasteiger partial charge is 0.264 e. The molecule has 70 heavy (non-hydrogen) atoms. The summed E-state index contributed by atoms with van der Waals surface area (Å²) in [5, 5.41) is 1.39. The highest BCUT2D eigenvalue weighted by atomic mass is 32.1. The molecule has 0 bridgehead atoms. The molecule has 0 amide bonds. The molecule has 2 aliphatic heterocycles. The Morgan fingerprint density at radius 3 is 1.51 bits per heavy atom. The molecule has 11 rings (SSSR count). The first-order valence-electron chi connectivity index (χ1n) is 26.5. The van der Waals surface area contributed by atoms with E-state index in [9.17, 15) is 0 Å². The van der Waals surface area contributed by atoms with Crippen LogP contribution in [0.2, 0.25) is 0 Å². The Morgan fingerprint density at radius 1 is 0.457 bits per heavy atom. The van der Waals surface area contributed by atoms with E-state index in [2.05, 4.69) is 248 Å². The van der Waals surface area contributed by atoms with Crippen LogP contribution >= 0.6 is 11.3 Å². The van der Waals surface area contributed by atoms with Gasteiger partial charge in [-0.05, 0) is 174 Å². The molecule has 0 atom stereocenters. The third-order valence-corrected chi connectivity index (χ3v) is 18.9. The molecule has 4 heteroatoms. The Labute approximate surface area is 426 Å². The van der Waals surface area contributed by atoms with Gasteiger partial charge in [0, 0.05) is 43.2 Å². The summed E-state index contributed by atoms with van der Waals surface area (Å²) in [5.74, 6) is 0. The van der Waals surface area contributed by atoms with Crippen molar-refractivity contribution in [3.05, 3.63) is 148 Å². The highest BCUT2D eigenvalue weighted by Crippen LogP contribution is 2.56. The first-order valence-corrected chi connectivity index (χ1v) is 27.3. The molecule has 1 aromatic heterocycles. The van der Waals surface area contributed by atoms with Gasteiger partial charge in [-0.1, -0.05) is 172 Å². The van der Waals surface area contributed by atoms with Gasteiger partial charge in [0.25, 0.3) is 6.71 Å². The van der Waals surface area contributed by atoms with Crippen molar-refractivity contribution in [1.82, 2.24) is 0 Å². The molecule has 0 fully saturated rings. The van der Waals surface area contributed by atoms with Gasteiger partial charge in [0.1, 0.15) is 0 Å². The minimum Gasteiger partial charge on any atom is -0.311 e. The maximum Gasteiger partial charge on any atom is 0.264 e. The number of anilines is 6. The van der Waals surface area contributed by atoms with Crippen LogP contribution in [0.25, 0.3) is 21.2 Å². The molecule has 4 aliphatic rings. The minimum absolute atomic E-state index is 0.0215. The normalized spacial score (nSPS) is 18.5. The Balaban J connectivity index is 1.33. The van der Waals surface area contributed by atoms with Gasteiger partial charge >= 0.3 is 0 Å². The lowest BCUT2D eigenvalue weighted by Gasteiger charge is -2.47. The van der Waals surface area contributed by atoms with Gasteiger partial charge in [0.05, 0.1) is 11.4 Å². The Hall–Kier alpha value is -5.06. The molecule has 0 radical (unpaired) electrons. The highest BCUT2D eigenvalue weighted by molar-refractivity contribution is 7.33. The first kappa shape index (κ1) is 47.3. The van der Waals surface area contributed by atoms with E-state index >= 15 is 0 Å². The Bertz CT molecular complexity index is 3270. The topological polar surface area (TPSA) is 6.48 Å². The van der Waals surface area contributed by atoms with Crippen LogP contribution in [0.4, 0.5) is 34.1 Å². The van der Waals surface area contributed by atoms with E-state index in [1.165, 1.54) is 136 Å². The molecule has 0 saturated heterocycles. The van der Waals surface area contributed by atoms with Gasteiger partial charge in [-0.15, -0.1) is 11.3 Å². The minimum atomic E-state index is -0.124. The zero-order chi connectivity index (χ0) is 50.0. The van der Waals surface area contributed by atoms with E-state index in [0.717, 1.165) is 0 Å². The molecule has 360 valence electrons. The maximum atomic E-state index is 2.76. The number of nitrogens with zero attached hydrogens (tertiary/aromatic N) is 2. The fourth-order valence-electron chi connectivity index (χ4n) is 12.7. The summed E-state index contributed by atoms with van der Waals surface area (Å²) in [4.78, 5) is 5.45. The fourth-order valence-corrected chi connectivity index (χ4v) is 14.1. The first-order chi connectivity index (χ1) is 32.6. The summed E-state index contributed by atoms with van der Waals surface area (Å²) < 4.78 is 2.86. The molecule has 2 nitrogen and oxygen atoms in total. The van der Waals surface area contributed by atoms with Crippen molar-refractivity contribution in [2.24, 2.45) is 0 Å². The van der Waals surface area contributed by atoms with E-state index in [1.807, 2.05) is 0 Å². The monoisotopic (exact) mass is 941 g/mol. The van der Waals surface area contributed by atoms with Crippen molar-refractivity contribution in [2.75, 3.05) is 9.80 Å². The second-order valence-electron chi connectivity index (χ2n) is 27.6. The highest BCUT2D eigenvalue weighted by Gasteiger charge is 2.49. The number of rotatable bonds is 3. The van der Waals surface area contributed by atoms with Gasteiger partial charge in [-0.3, -0.25) is 0 Å². The van der Waals surface area contributed by atoms with Crippen LogP contribution in [0.3, 0.4) is 0 Å². The lowest BCUT2D eigenvalue weighted by Crippen LogP contribution is -2.61. The van der Waals surface area contributed by atoms with E-state index in [0.29, 0.717) is 0 Å². The number of hydrogen-bond acceptors (Lipinski definition) is 3. The SMILES string of the molecule is CC(C)(C)c1ccc(N2c3cc4c(cc3B3c5sc6cc7c(cc6c5N(c5ccc(C(C)(C)C)cc5-c5ccccc5)c5cc(C(C)(C)C)cc2c53)C(C)(C)CCC7(C)C)C(C)(C)CCC4(C)C)cc1. The van der Waals surface area contributed by atoms with Crippen LogP contribution in [0.1, 0.15) is 182 Å². The molecule has 0 spiro atoms. The summed E-state index contributed by atoms with van der Waals surface area (Å²) in [6.45, 7) is 41.2. The zero-order valence-corrected chi connectivity index (χ0v) is 46.4. The van der Waals surface area contributed by atoms with E-state index in [4.69, 9.17) is 0 Å². The van der Waals surface area contributed by atoms with Gasteiger partial charge in [0.2, 0.25) is 0 Å². The predicted molar refractivity (Wildman–Crippen MR) is 308 cm³/mol. The Kier molecular flexibility index (Phi) is 10.3. The molecule has 6 aromatic carbocycles. The van der Waals surface area contributed by atoms with Crippen molar-refractivity contribution in [3.63, 3.8) is 0 Å². The second-order valence-corrected chi connectivity index (χ2v) is 28.7. The number of hydrogen-bond donors (Lipinski definition) is 0. The fraction of sp³-hybridized carbons (Fsp3) is 0.424. The quantitative estimate of drug-likeness (QED) is 0.163. The van der Waals surface area contributed by atoms with Crippen molar-refractivity contribution in [1.29, 1.82) is 0 Å². The zero-order valence-electron chi connectivity index (χ0n) is 45.6. The number of thiophene rings is 1. The van der Waals surface area contributed by atoms with Crippen LogP contribution in [0, 0.1) is 0 Å². The lowest BCUT2D eigenvalue weighted by molar-refractivity contribution is 0.332. The van der Waals surface area contributed by atoms with Crippen LogP contribution in [0.5, 0.6) is 0 Å².